The summed E-state index contributed by atoms with van der Waals surface area (Å²) in [6.07, 6.45) is 4.83. The van der Waals surface area contributed by atoms with E-state index < -0.39 is 0 Å². The van der Waals surface area contributed by atoms with Crippen LogP contribution in [0.2, 0.25) is 0 Å². The molecule has 3 aromatic heterocycles. The zero-order valence-corrected chi connectivity index (χ0v) is 14.5. The second kappa shape index (κ2) is 8.06. The van der Waals surface area contributed by atoms with Gasteiger partial charge in [0.15, 0.2) is 0 Å². The van der Waals surface area contributed by atoms with Crippen LogP contribution in [-0.2, 0) is 6.54 Å². The molecule has 0 aliphatic carbocycles. The van der Waals surface area contributed by atoms with Crippen molar-refractivity contribution in [2.24, 2.45) is 0 Å². The first-order valence-corrected chi connectivity index (χ1v) is 7.99. The molecule has 0 saturated carbocycles. The van der Waals surface area contributed by atoms with Gasteiger partial charge < -0.3 is 14.8 Å². The van der Waals surface area contributed by atoms with Gasteiger partial charge in [-0.1, -0.05) is 6.07 Å². The van der Waals surface area contributed by atoms with E-state index in [-0.39, 0.29) is 18.3 Å². The molecule has 0 aromatic carbocycles. The third kappa shape index (κ3) is 4.13. The van der Waals surface area contributed by atoms with Crippen molar-refractivity contribution in [2.45, 2.75) is 13.5 Å². The predicted molar refractivity (Wildman–Crippen MR) is 95.2 cm³/mol. The van der Waals surface area contributed by atoms with Gasteiger partial charge in [0, 0.05) is 30.2 Å². The molecule has 3 heterocycles. The number of aryl methyl sites for hydroxylation is 1. The van der Waals surface area contributed by atoms with Gasteiger partial charge in [-0.15, -0.1) is 0 Å². The summed E-state index contributed by atoms with van der Waals surface area (Å²) in [7, 11) is 1.47. The van der Waals surface area contributed by atoms with E-state index in [1.807, 2.05) is 25.1 Å². The summed E-state index contributed by atoms with van der Waals surface area (Å²) in [6, 6.07) is 10.6. The molecule has 0 unspecified atom stereocenters. The Kier molecular flexibility index (Phi) is 5.38. The molecule has 0 saturated heterocycles. The molecule has 1 N–H and O–H groups in total. The predicted octanol–water partition coefficient (Wildman–Crippen LogP) is 2.91. The van der Waals surface area contributed by atoms with E-state index in [1.54, 1.807) is 36.8 Å². The van der Waals surface area contributed by atoms with Crippen LogP contribution in [0.15, 0.2) is 55.0 Å². The van der Waals surface area contributed by atoms with Crippen molar-refractivity contribution in [3.63, 3.8) is 0 Å². The lowest BCUT2D eigenvalue weighted by atomic mass is 10.2. The molecule has 3 rings (SSSR count). The zero-order valence-electron chi connectivity index (χ0n) is 14.5. The minimum atomic E-state index is -0.290. The maximum atomic E-state index is 12.4. The van der Waals surface area contributed by atoms with E-state index in [2.05, 4.69) is 20.3 Å². The summed E-state index contributed by atoms with van der Waals surface area (Å²) in [5.74, 6) is 0.979. The number of nitrogens with one attached hydrogen (secondary N) is 1. The highest BCUT2D eigenvalue weighted by Gasteiger charge is 2.14. The molecule has 0 radical (unpaired) electrons. The van der Waals surface area contributed by atoms with Crippen LogP contribution in [0.25, 0.3) is 0 Å². The van der Waals surface area contributed by atoms with Crippen LogP contribution >= 0.6 is 0 Å². The minimum absolute atomic E-state index is 0.249. The largest absolute Gasteiger partial charge is 0.480 e. The average Bonchev–Trinajstić information content (AvgIpc) is 2.68. The van der Waals surface area contributed by atoms with Gasteiger partial charge in [-0.3, -0.25) is 9.78 Å². The summed E-state index contributed by atoms with van der Waals surface area (Å²) in [6.45, 7) is 2.15. The quantitative estimate of drug-likeness (QED) is 0.736. The minimum Gasteiger partial charge on any atom is -0.480 e. The highest BCUT2D eigenvalue weighted by Crippen LogP contribution is 2.22. The number of rotatable bonds is 6. The third-order valence-corrected chi connectivity index (χ3v) is 3.60. The molecule has 7 nitrogen and oxygen atoms in total. The summed E-state index contributed by atoms with van der Waals surface area (Å²) >= 11 is 0. The summed E-state index contributed by atoms with van der Waals surface area (Å²) in [5, 5.41) is 2.83. The Hall–Kier alpha value is -3.48. The SMILES string of the molecule is COc1ncccc1C(=O)NCc1cccnc1Oc1ccc(C)nc1. The van der Waals surface area contributed by atoms with Gasteiger partial charge in [0.25, 0.3) is 5.91 Å². The molecule has 26 heavy (non-hydrogen) atoms. The third-order valence-electron chi connectivity index (χ3n) is 3.60. The maximum Gasteiger partial charge on any atom is 0.257 e. The Morgan fingerprint density at radius 3 is 2.54 bits per heavy atom. The second-order valence-electron chi connectivity index (χ2n) is 5.45. The van der Waals surface area contributed by atoms with Gasteiger partial charge in [0.2, 0.25) is 11.8 Å². The number of methoxy groups -OCH3 is 1. The summed E-state index contributed by atoms with van der Waals surface area (Å²) in [5.41, 5.74) is 2.00. The van der Waals surface area contributed by atoms with E-state index in [0.717, 1.165) is 11.3 Å². The Morgan fingerprint density at radius 2 is 1.81 bits per heavy atom. The molecule has 0 atom stereocenters. The van der Waals surface area contributed by atoms with E-state index in [9.17, 15) is 4.79 Å². The lowest BCUT2D eigenvalue weighted by Crippen LogP contribution is -2.24. The van der Waals surface area contributed by atoms with Gasteiger partial charge in [0.1, 0.15) is 11.3 Å². The number of aromatic nitrogens is 3. The van der Waals surface area contributed by atoms with Crippen molar-refractivity contribution < 1.29 is 14.3 Å². The molecule has 0 aliphatic rings. The van der Waals surface area contributed by atoms with Gasteiger partial charge in [-0.05, 0) is 37.3 Å². The van der Waals surface area contributed by atoms with Crippen molar-refractivity contribution >= 4 is 5.91 Å². The number of pyridine rings is 3. The average molecular weight is 350 g/mol. The van der Waals surface area contributed by atoms with E-state index >= 15 is 0 Å². The highest BCUT2D eigenvalue weighted by molar-refractivity contribution is 5.96. The van der Waals surface area contributed by atoms with Gasteiger partial charge in [-0.2, -0.15) is 0 Å². The molecule has 3 aromatic rings. The van der Waals surface area contributed by atoms with Crippen molar-refractivity contribution in [3.8, 4) is 17.5 Å². The van der Waals surface area contributed by atoms with Crippen LogP contribution in [0.3, 0.4) is 0 Å². The normalized spacial score (nSPS) is 10.2. The molecule has 0 bridgehead atoms. The standard InChI is InChI=1S/C19H18N4O3/c1-13-7-8-15(12-22-13)26-18-14(5-3-9-20-18)11-23-17(24)16-6-4-10-21-19(16)25-2/h3-10,12H,11H2,1-2H3,(H,23,24). The van der Waals surface area contributed by atoms with Crippen LogP contribution in [0, 0.1) is 6.92 Å². The van der Waals surface area contributed by atoms with Crippen LogP contribution in [0.4, 0.5) is 0 Å². The molecular formula is C19H18N4O3. The number of ether oxygens (including phenoxy) is 2. The van der Waals surface area contributed by atoms with Crippen molar-refractivity contribution in [1.82, 2.24) is 20.3 Å². The lowest BCUT2D eigenvalue weighted by Gasteiger charge is -2.11. The number of hydrogen-bond acceptors (Lipinski definition) is 6. The number of carbonyl (C=O) groups excluding carboxylic acids is 1. The Balaban J connectivity index is 1.72. The fourth-order valence-corrected chi connectivity index (χ4v) is 2.27. The monoisotopic (exact) mass is 350 g/mol. The molecule has 132 valence electrons. The van der Waals surface area contributed by atoms with Gasteiger partial charge in [-0.25, -0.2) is 9.97 Å². The van der Waals surface area contributed by atoms with Crippen LogP contribution < -0.4 is 14.8 Å². The number of carbonyl (C=O) groups is 1. The summed E-state index contributed by atoms with van der Waals surface area (Å²) in [4.78, 5) is 24.9. The molecule has 7 heteroatoms. The van der Waals surface area contributed by atoms with Crippen LogP contribution in [0.5, 0.6) is 17.5 Å². The first-order chi connectivity index (χ1) is 12.7. The van der Waals surface area contributed by atoms with E-state index in [4.69, 9.17) is 9.47 Å². The van der Waals surface area contributed by atoms with Crippen molar-refractivity contribution in [2.75, 3.05) is 7.11 Å². The van der Waals surface area contributed by atoms with Crippen LogP contribution in [-0.4, -0.2) is 28.0 Å². The Bertz CT molecular complexity index is 897. The van der Waals surface area contributed by atoms with Gasteiger partial charge in [0.05, 0.1) is 13.3 Å². The molecule has 0 fully saturated rings. The zero-order chi connectivity index (χ0) is 18.4. The smallest absolute Gasteiger partial charge is 0.257 e. The molecule has 0 spiro atoms. The highest BCUT2D eigenvalue weighted by atomic mass is 16.5. The molecular weight excluding hydrogens is 332 g/mol. The molecule has 1 amide bonds. The second-order valence-corrected chi connectivity index (χ2v) is 5.45. The Labute approximate surface area is 151 Å². The fraction of sp³-hybridized carbons (Fsp3) is 0.158. The fourth-order valence-electron chi connectivity index (χ4n) is 2.27. The first kappa shape index (κ1) is 17.3. The number of nitrogens with zero attached hydrogens (tertiary/aromatic N) is 3. The first-order valence-electron chi connectivity index (χ1n) is 7.99. The maximum absolute atomic E-state index is 12.4. The molecule has 0 aliphatic heterocycles. The van der Waals surface area contributed by atoms with E-state index in [1.165, 1.54) is 7.11 Å². The van der Waals surface area contributed by atoms with Crippen molar-refractivity contribution in [1.29, 1.82) is 0 Å². The van der Waals surface area contributed by atoms with Gasteiger partial charge >= 0.3 is 0 Å². The van der Waals surface area contributed by atoms with E-state index in [0.29, 0.717) is 17.2 Å². The number of amides is 1. The number of hydrogen-bond donors (Lipinski definition) is 1. The summed E-state index contributed by atoms with van der Waals surface area (Å²) < 4.78 is 10.9. The topological polar surface area (TPSA) is 86.2 Å². The lowest BCUT2D eigenvalue weighted by molar-refractivity contribution is 0.0947. The Morgan fingerprint density at radius 1 is 1.04 bits per heavy atom. The van der Waals surface area contributed by atoms with Crippen LogP contribution in [0.1, 0.15) is 21.6 Å². The van der Waals surface area contributed by atoms with Crippen molar-refractivity contribution in [3.05, 3.63) is 71.8 Å².